The molecule has 4 heteroatoms. The first-order valence-electron chi connectivity index (χ1n) is 7.03. The van der Waals surface area contributed by atoms with E-state index in [4.69, 9.17) is 4.98 Å². The summed E-state index contributed by atoms with van der Waals surface area (Å²) in [5.74, 6) is 1.04. The molecule has 4 nitrogen and oxygen atoms in total. The highest BCUT2D eigenvalue weighted by molar-refractivity contribution is 5.76. The molecule has 0 saturated heterocycles. The Morgan fingerprint density at radius 3 is 2.58 bits per heavy atom. The quantitative estimate of drug-likeness (QED) is 0.868. The van der Waals surface area contributed by atoms with Gasteiger partial charge in [-0.15, -0.1) is 0 Å². The minimum absolute atomic E-state index is 0.137. The molecule has 0 spiro atoms. The van der Waals surface area contributed by atoms with Crippen LogP contribution in [-0.2, 0) is 6.54 Å². The summed E-state index contributed by atoms with van der Waals surface area (Å²) in [7, 11) is 0. The number of hydrogen-bond donors (Lipinski definition) is 1. The minimum Gasteiger partial charge on any atom is -0.395 e. The molecule has 1 N–H and O–H groups in total. The highest BCUT2D eigenvalue weighted by Gasteiger charge is 2.20. The molecule has 0 aliphatic heterocycles. The van der Waals surface area contributed by atoms with Crippen LogP contribution in [0.5, 0.6) is 0 Å². The summed E-state index contributed by atoms with van der Waals surface area (Å²) >= 11 is 0. The fourth-order valence-electron chi connectivity index (χ4n) is 2.68. The first-order chi connectivity index (χ1) is 9.22. The minimum atomic E-state index is 0.137. The lowest BCUT2D eigenvalue weighted by molar-refractivity contribution is 0.216. The zero-order valence-electron chi connectivity index (χ0n) is 12.0. The van der Waals surface area contributed by atoms with Crippen molar-refractivity contribution in [3.8, 4) is 0 Å². The van der Waals surface area contributed by atoms with Crippen molar-refractivity contribution in [2.24, 2.45) is 0 Å². The Morgan fingerprint density at radius 2 is 1.95 bits per heavy atom. The van der Waals surface area contributed by atoms with Crippen LogP contribution in [-0.4, -0.2) is 39.3 Å². The molecule has 1 unspecified atom stereocenters. The largest absolute Gasteiger partial charge is 0.395 e. The van der Waals surface area contributed by atoms with Gasteiger partial charge in [-0.2, -0.15) is 0 Å². The lowest BCUT2D eigenvalue weighted by Crippen LogP contribution is -2.28. The molecule has 0 radical (unpaired) electrons. The predicted molar refractivity (Wildman–Crippen MR) is 78.2 cm³/mol. The van der Waals surface area contributed by atoms with Crippen LogP contribution in [0.2, 0.25) is 0 Å². The average molecular weight is 261 g/mol. The second kappa shape index (κ2) is 6.17. The molecule has 104 valence electrons. The maximum atomic E-state index is 9.29. The van der Waals surface area contributed by atoms with Gasteiger partial charge in [0, 0.05) is 6.54 Å². The molecule has 1 aromatic carbocycles. The van der Waals surface area contributed by atoms with Crippen molar-refractivity contribution in [3.05, 3.63) is 30.1 Å². The molecule has 1 aromatic heterocycles. The summed E-state index contributed by atoms with van der Waals surface area (Å²) in [6, 6.07) is 8.38. The third-order valence-electron chi connectivity index (χ3n) is 3.74. The van der Waals surface area contributed by atoms with Crippen LogP contribution in [0.4, 0.5) is 0 Å². The van der Waals surface area contributed by atoms with E-state index in [1.165, 1.54) is 0 Å². The predicted octanol–water partition coefficient (Wildman–Crippen LogP) is 2.43. The van der Waals surface area contributed by atoms with Gasteiger partial charge in [0.05, 0.1) is 23.7 Å². The number of rotatable bonds is 6. The highest BCUT2D eigenvalue weighted by atomic mass is 16.3. The lowest BCUT2D eigenvalue weighted by atomic mass is 10.2. The number of aliphatic hydroxyl groups excluding tert-OH is 1. The van der Waals surface area contributed by atoms with Crippen LogP contribution in [0.25, 0.3) is 11.0 Å². The molecular formula is C15H23N3O. The van der Waals surface area contributed by atoms with Crippen molar-refractivity contribution < 1.29 is 5.11 Å². The fourth-order valence-corrected chi connectivity index (χ4v) is 2.68. The number of fused-ring (bicyclic) bond motifs is 1. The molecule has 2 rings (SSSR count). The smallest absolute Gasteiger partial charge is 0.127 e. The van der Waals surface area contributed by atoms with Gasteiger partial charge < -0.3 is 9.67 Å². The third kappa shape index (κ3) is 2.65. The van der Waals surface area contributed by atoms with Gasteiger partial charge in [0.2, 0.25) is 0 Å². The van der Waals surface area contributed by atoms with Crippen molar-refractivity contribution in [1.29, 1.82) is 0 Å². The van der Waals surface area contributed by atoms with Gasteiger partial charge in [-0.05, 0) is 32.1 Å². The zero-order valence-corrected chi connectivity index (χ0v) is 12.0. The van der Waals surface area contributed by atoms with Gasteiger partial charge in [0.15, 0.2) is 0 Å². The molecule has 0 aliphatic carbocycles. The van der Waals surface area contributed by atoms with Gasteiger partial charge >= 0.3 is 0 Å². The monoisotopic (exact) mass is 261 g/mol. The van der Waals surface area contributed by atoms with Crippen molar-refractivity contribution in [2.75, 3.05) is 19.7 Å². The summed E-state index contributed by atoms with van der Waals surface area (Å²) in [4.78, 5) is 7.13. The molecule has 1 atom stereocenters. The number of aromatic nitrogens is 2. The van der Waals surface area contributed by atoms with E-state index >= 15 is 0 Å². The summed E-state index contributed by atoms with van der Waals surface area (Å²) < 4.78 is 2.14. The number of imidazole rings is 1. The van der Waals surface area contributed by atoms with Gasteiger partial charge in [-0.1, -0.05) is 26.0 Å². The molecule has 0 amide bonds. The molecule has 0 fully saturated rings. The number of para-hydroxylation sites is 2. The number of nitrogens with zero attached hydrogens (tertiary/aromatic N) is 3. The Labute approximate surface area is 114 Å². The third-order valence-corrected chi connectivity index (χ3v) is 3.74. The van der Waals surface area contributed by atoms with Gasteiger partial charge in [-0.25, -0.2) is 4.98 Å². The Hall–Kier alpha value is -1.39. The van der Waals surface area contributed by atoms with E-state index in [9.17, 15) is 5.11 Å². The first kappa shape index (κ1) is 14.0. The van der Waals surface area contributed by atoms with Gasteiger partial charge in [0.1, 0.15) is 5.82 Å². The second-order valence-electron chi connectivity index (χ2n) is 4.73. The summed E-state index contributed by atoms with van der Waals surface area (Å²) in [5.41, 5.74) is 2.11. The van der Waals surface area contributed by atoms with E-state index in [0.717, 1.165) is 29.9 Å². The van der Waals surface area contributed by atoms with Crippen LogP contribution in [0.1, 0.15) is 32.6 Å². The van der Waals surface area contributed by atoms with Crippen molar-refractivity contribution in [1.82, 2.24) is 14.5 Å². The Balaban J connectivity index is 2.49. The number of hydrogen-bond acceptors (Lipinski definition) is 3. The topological polar surface area (TPSA) is 41.3 Å². The van der Waals surface area contributed by atoms with E-state index < -0.39 is 0 Å². The summed E-state index contributed by atoms with van der Waals surface area (Å²) in [5, 5.41) is 9.29. The normalized spacial score (nSPS) is 13.3. The Bertz CT molecular complexity index is 531. The SMILES string of the molecule is CCN(CC)C(C)c1nc2ccccc2n1CCO. The van der Waals surface area contributed by atoms with E-state index in [-0.39, 0.29) is 12.6 Å². The van der Waals surface area contributed by atoms with Gasteiger partial charge in [-0.3, -0.25) is 4.90 Å². The fraction of sp³-hybridized carbons (Fsp3) is 0.533. The van der Waals surface area contributed by atoms with E-state index in [1.807, 2.05) is 18.2 Å². The highest BCUT2D eigenvalue weighted by Crippen LogP contribution is 2.24. The molecule has 1 heterocycles. The first-order valence-corrected chi connectivity index (χ1v) is 7.03. The van der Waals surface area contributed by atoms with E-state index in [2.05, 4.69) is 36.3 Å². The van der Waals surface area contributed by atoms with Crippen LogP contribution in [0, 0.1) is 0 Å². The van der Waals surface area contributed by atoms with E-state index in [1.54, 1.807) is 0 Å². The molecule has 2 aromatic rings. The van der Waals surface area contributed by atoms with Gasteiger partial charge in [0.25, 0.3) is 0 Å². The summed E-state index contributed by atoms with van der Waals surface area (Å²) in [6.07, 6.45) is 0. The van der Waals surface area contributed by atoms with Crippen LogP contribution >= 0.6 is 0 Å². The zero-order chi connectivity index (χ0) is 13.8. The van der Waals surface area contributed by atoms with E-state index in [0.29, 0.717) is 6.54 Å². The van der Waals surface area contributed by atoms with Crippen molar-refractivity contribution in [2.45, 2.75) is 33.4 Å². The molecule has 0 aliphatic rings. The molecule has 0 bridgehead atoms. The average Bonchev–Trinajstić information content (AvgIpc) is 2.80. The van der Waals surface area contributed by atoms with Crippen molar-refractivity contribution >= 4 is 11.0 Å². The molecular weight excluding hydrogens is 238 g/mol. The Morgan fingerprint density at radius 1 is 1.26 bits per heavy atom. The van der Waals surface area contributed by atoms with Crippen LogP contribution < -0.4 is 0 Å². The number of aliphatic hydroxyl groups is 1. The molecule has 19 heavy (non-hydrogen) atoms. The number of benzene rings is 1. The molecule has 0 saturated carbocycles. The van der Waals surface area contributed by atoms with Crippen molar-refractivity contribution in [3.63, 3.8) is 0 Å². The second-order valence-corrected chi connectivity index (χ2v) is 4.73. The van der Waals surface area contributed by atoms with Crippen LogP contribution in [0.15, 0.2) is 24.3 Å². The maximum Gasteiger partial charge on any atom is 0.127 e. The standard InChI is InChI=1S/C15H23N3O/c1-4-17(5-2)12(3)15-16-13-8-6-7-9-14(13)18(15)10-11-19/h6-9,12,19H,4-5,10-11H2,1-3H3. The van der Waals surface area contributed by atoms with Crippen LogP contribution in [0.3, 0.4) is 0 Å². The lowest BCUT2D eigenvalue weighted by Gasteiger charge is -2.26. The maximum absolute atomic E-state index is 9.29. The summed E-state index contributed by atoms with van der Waals surface area (Å²) in [6.45, 7) is 9.25. The Kier molecular flexibility index (Phi) is 4.56.